The lowest BCUT2D eigenvalue weighted by Gasteiger charge is -2.11. The molecule has 0 unspecified atom stereocenters. The van der Waals surface area contributed by atoms with Gasteiger partial charge in [-0.25, -0.2) is 14.4 Å². The maximum absolute atomic E-state index is 13.5. The Balaban J connectivity index is 1.58. The van der Waals surface area contributed by atoms with Gasteiger partial charge in [0.05, 0.1) is 0 Å². The quantitative estimate of drug-likeness (QED) is 0.404. The molecule has 0 aliphatic rings. The van der Waals surface area contributed by atoms with Gasteiger partial charge in [0, 0.05) is 22.7 Å². The minimum absolute atomic E-state index is 0.0466. The van der Waals surface area contributed by atoms with E-state index in [4.69, 9.17) is 11.6 Å². The monoisotopic (exact) mass is 440 g/mol. The summed E-state index contributed by atoms with van der Waals surface area (Å²) >= 11 is 7.58. The topological polar surface area (TPSA) is 59.8 Å². The lowest BCUT2D eigenvalue weighted by Crippen LogP contribution is -2.20. The number of carbonyl (C=O) groups excluding carboxylic acids is 1. The zero-order valence-corrected chi connectivity index (χ0v) is 17.7. The Morgan fingerprint density at radius 1 is 1.20 bits per heavy atom. The summed E-state index contributed by atoms with van der Waals surface area (Å²) in [6.45, 7) is 1.90. The van der Waals surface area contributed by atoms with E-state index >= 15 is 0 Å². The second-order valence-corrected chi connectivity index (χ2v) is 8.06. The van der Waals surface area contributed by atoms with Crippen LogP contribution in [0.5, 0.6) is 0 Å². The zero-order chi connectivity index (χ0) is 21.1. The number of carbonyl (C=O) groups is 1. The van der Waals surface area contributed by atoms with Crippen molar-refractivity contribution in [2.75, 3.05) is 5.32 Å². The number of fused-ring (bicyclic) bond motifs is 1. The number of hydrogen-bond acceptors (Lipinski definition) is 4. The Kier molecular flexibility index (Phi) is 6.01. The van der Waals surface area contributed by atoms with Gasteiger partial charge in [-0.1, -0.05) is 41.6 Å². The number of thioether (sulfide) groups is 1. The Hall–Kier alpha value is -2.90. The van der Waals surface area contributed by atoms with Gasteiger partial charge in [0.25, 0.3) is 0 Å². The van der Waals surface area contributed by atoms with Crippen molar-refractivity contribution in [1.29, 1.82) is 0 Å². The van der Waals surface area contributed by atoms with Crippen LogP contribution in [0.3, 0.4) is 0 Å². The van der Waals surface area contributed by atoms with E-state index in [9.17, 15) is 9.18 Å². The standard InChI is InChI=1S/C22H18ClFN4OS/c1-14-17(23)7-3-8-18(14)26-20(29)12-28-21-19(9-4-10-25-21)27-22(28)30-13-15-5-2-6-16(24)11-15/h2-11H,12-13H2,1H3,(H,26,29). The number of imidazole rings is 1. The van der Waals surface area contributed by atoms with Crippen LogP contribution in [0.1, 0.15) is 11.1 Å². The molecular weight excluding hydrogens is 423 g/mol. The average molecular weight is 441 g/mol. The molecule has 0 fully saturated rings. The number of pyridine rings is 1. The summed E-state index contributed by atoms with van der Waals surface area (Å²) in [6, 6.07) is 15.5. The van der Waals surface area contributed by atoms with Gasteiger partial charge < -0.3 is 5.32 Å². The number of halogens is 2. The van der Waals surface area contributed by atoms with E-state index in [0.717, 1.165) is 11.1 Å². The highest BCUT2D eigenvalue weighted by Gasteiger charge is 2.16. The van der Waals surface area contributed by atoms with Gasteiger partial charge in [-0.3, -0.25) is 9.36 Å². The summed E-state index contributed by atoms with van der Waals surface area (Å²) in [5, 5.41) is 4.14. The van der Waals surface area contributed by atoms with E-state index in [1.165, 1.54) is 23.9 Å². The van der Waals surface area contributed by atoms with Crippen LogP contribution in [-0.2, 0) is 17.1 Å². The van der Waals surface area contributed by atoms with E-state index in [-0.39, 0.29) is 18.3 Å². The van der Waals surface area contributed by atoms with Crippen LogP contribution in [0.25, 0.3) is 11.2 Å². The van der Waals surface area contributed by atoms with Gasteiger partial charge in [-0.15, -0.1) is 0 Å². The molecule has 0 aliphatic heterocycles. The van der Waals surface area contributed by atoms with Crippen LogP contribution in [0.2, 0.25) is 5.02 Å². The molecule has 5 nitrogen and oxygen atoms in total. The minimum atomic E-state index is -0.278. The molecule has 0 aliphatic carbocycles. The fourth-order valence-electron chi connectivity index (χ4n) is 3.04. The number of rotatable bonds is 6. The average Bonchev–Trinajstić information content (AvgIpc) is 3.07. The summed E-state index contributed by atoms with van der Waals surface area (Å²) in [4.78, 5) is 21.8. The lowest BCUT2D eigenvalue weighted by atomic mass is 10.2. The first kappa shape index (κ1) is 20.4. The third-order valence-electron chi connectivity index (χ3n) is 4.57. The highest BCUT2D eigenvalue weighted by atomic mass is 35.5. The molecule has 4 aromatic rings. The number of benzene rings is 2. The molecule has 2 heterocycles. The van der Waals surface area contributed by atoms with Crippen molar-refractivity contribution >= 4 is 46.1 Å². The van der Waals surface area contributed by atoms with Crippen LogP contribution in [0, 0.1) is 12.7 Å². The molecule has 1 amide bonds. The van der Waals surface area contributed by atoms with E-state index in [1.807, 2.05) is 25.1 Å². The van der Waals surface area contributed by atoms with Crippen LogP contribution in [-0.4, -0.2) is 20.4 Å². The Labute approximate surface area is 182 Å². The number of nitrogens with zero attached hydrogens (tertiary/aromatic N) is 3. The van der Waals surface area contributed by atoms with Gasteiger partial charge in [0.2, 0.25) is 5.91 Å². The minimum Gasteiger partial charge on any atom is -0.324 e. The van der Waals surface area contributed by atoms with Crippen molar-refractivity contribution < 1.29 is 9.18 Å². The van der Waals surface area contributed by atoms with Gasteiger partial charge in [-0.05, 0) is 54.4 Å². The van der Waals surface area contributed by atoms with Gasteiger partial charge in [0.1, 0.15) is 17.9 Å². The normalized spacial score (nSPS) is 11.0. The smallest absolute Gasteiger partial charge is 0.244 e. The van der Waals surface area contributed by atoms with Crippen molar-refractivity contribution in [1.82, 2.24) is 14.5 Å². The van der Waals surface area contributed by atoms with Crippen molar-refractivity contribution in [3.05, 3.63) is 82.8 Å². The SMILES string of the molecule is Cc1c(Cl)cccc1NC(=O)Cn1c(SCc2cccc(F)c2)nc2cccnc21. The molecule has 2 aromatic carbocycles. The Morgan fingerprint density at radius 3 is 2.87 bits per heavy atom. The maximum Gasteiger partial charge on any atom is 0.244 e. The highest BCUT2D eigenvalue weighted by molar-refractivity contribution is 7.98. The van der Waals surface area contributed by atoms with Crippen molar-refractivity contribution in [2.24, 2.45) is 0 Å². The van der Waals surface area contributed by atoms with Gasteiger partial charge in [0.15, 0.2) is 10.8 Å². The highest BCUT2D eigenvalue weighted by Crippen LogP contribution is 2.27. The Morgan fingerprint density at radius 2 is 2.03 bits per heavy atom. The van der Waals surface area contributed by atoms with E-state index < -0.39 is 0 Å². The molecule has 4 rings (SSSR count). The molecule has 0 atom stereocenters. The number of aromatic nitrogens is 3. The number of anilines is 1. The zero-order valence-electron chi connectivity index (χ0n) is 16.1. The molecule has 0 saturated carbocycles. The molecule has 0 spiro atoms. The molecule has 0 saturated heterocycles. The number of amides is 1. The predicted octanol–water partition coefficient (Wildman–Crippen LogP) is 5.46. The third-order valence-corrected chi connectivity index (χ3v) is 6.03. The number of nitrogens with one attached hydrogen (secondary N) is 1. The van der Waals surface area contributed by atoms with Crippen LogP contribution < -0.4 is 5.32 Å². The second-order valence-electron chi connectivity index (χ2n) is 6.71. The first-order chi connectivity index (χ1) is 14.5. The van der Waals surface area contributed by atoms with Crippen molar-refractivity contribution in [3.8, 4) is 0 Å². The van der Waals surface area contributed by atoms with Crippen LogP contribution in [0.4, 0.5) is 10.1 Å². The van der Waals surface area contributed by atoms with Crippen molar-refractivity contribution in [3.63, 3.8) is 0 Å². The summed E-state index contributed by atoms with van der Waals surface area (Å²) in [5.41, 5.74) is 3.63. The third kappa shape index (κ3) is 4.47. The first-order valence-corrected chi connectivity index (χ1v) is 10.6. The summed E-state index contributed by atoms with van der Waals surface area (Å²) in [6.07, 6.45) is 1.67. The largest absolute Gasteiger partial charge is 0.324 e. The van der Waals surface area contributed by atoms with E-state index in [1.54, 1.807) is 35.0 Å². The maximum atomic E-state index is 13.5. The van der Waals surface area contributed by atoms with Crippen LogP contribution >= 0.6 is 23.4 Å². The molecule has 8 heteroatoms. The predicted molar refractivity (Wildman–Crippen MR) is 118 cm³/mol. The first-order valence-electron chi connectivity index (χ1n) is 9.25. The van der Waals surface area contributed by atoms with E-state index in [2.05, 4.69) is 15.3 Å². The number of hydrogen-bond donors (Lipinski definition) is 1. The Bertz CT molecular complexity index is 1230. The summed E-state index contributed by atoms with van der Waals surface area (Å²) in [7, 11) is 0. The van der Waals surface area contributed by atoms with Gasteiger partial charge in [-0.2, -0.15) is 0 Å². The fraction of sp³-hybridized carbons (Fsp3) is 0.136. The lowest BCUT2D eigenvalue weighted by molar-refractivity contribution is -0.116. The molecule has 0 bridgehead atoms. The molecule has 0 radical (unpaired) electrons. The molecule has 1 N–H and O–H groups in total. The molecular formula is C22H18ClFN4OS. The molecule has 2 aromatic heterocycles. The molecule has 30 heavy (non-hydrogen) atoms. The molecule has 152 valence electrons. The summed E-state index contributed by atoms with van der Waals surface area (Å²) < 4.78 is 15.2. The van der Waals surface area contributed by atoms with Crippen molar-refractivity contribution in [2.45, 2.75) is 24.4 Å². The fourth-order valence-corrected chi connectivity index (χ4v) is 4.16. The van der Waals surface area contributed by atoms with Crippen LogP contribution in [0.15, 0.2) is 66.0 Å². The second kappa shape index (κ2) is 8.85. The van der Waals surface area contributed by atoms with E-state index in [0.29, 0.717) is 32.8 Å². The van der Waals surface area contributed by atoms with Gasteiger partial charge >= 0.3 is 0 Å². The summed E-state index contributed by atoms with van der Waals surface area (Å²) in [5.74, 6) is 0.0355.